The lowest BCUT2D eigenvalue weighted by molar-refractivity contribution is 0.917. The molecule has 0 aliphatic rings. The lowest BCUT2D eigenvalue weighted by Gasteiger charge is -2.18. The van der Waals surface area contributed by atoms with Gasteiger partial charge in [-0.1, -0.05) is 24.3 Å². The molecule has 3 rings (SSSR count). The first-order chi connectivity index (χ1) is 9.36. The van der Waals surface area contributed by atoms with Crippen LogP contribution in [0.3, 0.4) is 0 Å². The number of aromatic amines is 1. The number of hydrogen-bond donors (Lipinski definition) is 1. The molecule has 3 heteroatoms. The Labute approximate surface area is 112 Å². The Balaban J connectivity index is 2.16. The van der Waals surface area contributed by atoms with E-state index in [2.05, 4.69) is 58.3 Å². The Bertz CT molecular complexity index is 645. The lowest BCUT2D eigenvalue weighted by atomic mass is 9.87. The van der Waals surface area contributed by atoms with Gasteiger partial charge < -0.3 is 4.98 Å². The fourth-order valence-electron chi connectivity index (χ4n) is 2.42. The van der Waals surface area contributed by atoms with Gasteiger partial charge in [0.25, 0.3) is 0 Å². The molecule has 0 radical (unpaired) electrons. The third-order valence-corrected chi connectivity index (χ3v) is 3.37. The molecule has 19 heavy (non-hydrogen) atoms. The van der Waals surface area contributed by atoms with E-state index in [0.717, 1.165) is 5.69 Å². The molecule has 1 unspecified atom stereocenters. The van der Waals surface area contributed by atoms with Crippen LogP contribution in [0, 0.1) is 6.92 Å². The van der Waals surface area contributed by atoms with Crippen LogP contribution in [0.1, 0.15) is 28.3 Å². The normalized spacial score (nSPS) is 12.3. The van der Waals surface area contributed by atoms with Crippen molar-refractivity contribution in [2.45, 2.75) is 12.8 Å². The summed E-state index contributed by atoms with van der Waals surface area (Å²) in [5, 5.41) is 0. The van der Waals surface area contributed by atoms with Crippen LogP contribution in [0.15, 0.2) is 61.3 Å². The molecule has 0 saturated carbocycles. The number of nitrogens with zero attached hydrogens (tertiary/aromatic N) is 2. The summed E-state index contributed by atoms with van der Waals surface area (Å²) in [4.78, 5) is 11.5. The van der Waals surface area contributed by atoms with Gasteiger partial charge in [-0.3, -0.25) is 4.98 Å². The van der Waals surface area contributed by atoms with Crippen LogP contribution in [0.4, 0.5) is 0 Å². The number of aryl methyl sites for hydroxylation is 1. The van der Waals surface area contributed by atoms with Crippen LogP contribution in [0.2, 0.25) is 0 Å². The van der Waals surface area contributed by atoms with Crippen LogP contribution >= 0.6 is 0 Å². The molecule has 3 nitrogen and oxygen atoms in total. The van der Waals surface area contributed by atoms with Gasteiger partial charge in [0.1, 0.15) is 0 Å². The quantitative estimate of drug-likeness (QED) is 0.773. The van der Waals surface area contributed by atoms with Gasteiger partial charge in [0.05, 0.1) is 12.2 Å². The SMILES string of the molecule is Cc1ccccc1C(c1ccncc1)c1cnc[nH]1. The van der Waals surface area contributed by atoms with Crippen LogP contribution in [0.5, 0.6) is 0 Å². The number of nitrogens with one attached hydrogen (secondary N) is 1. The average Bonchev–Trinajstić information content (AvgIpc) is 2.96. The third-order valence-electron chi connectivity index (χ3n) is 3.37. The highest BCUT2D eigenvalue weighted by molar-refractivity contribution is 5.42. The standard InChI is InChI=1S/C16H15N3/c1-12-4-2-3-5-14(12)16(15-10-18-11-19-15)13-6-8-17-9-7-13/h2-11,16H,1H3,(H,18,19). The molecule has 3 aromatic rings. The van der Waals surface area contributed by atoms with Crippen molar-refractivity contribution in [3.8, 4) is 0 Å². The highest BCUT2D eigenvalue weighted by atomic mass is 14.9. The first-order valence-corrected chi connectivity index (χ1v) is 6.30. The molecule has 0 amide bonds. The Kier molecular flexibility index (Phi) is 3.11. The summed E-state index contributed by atoms with van der Waals surface area (Å²) in [5.41, 5.74) is 4.88. The van der Waals surface area contributed by atoms with Crippen molar-refractivity contribution < 1.29 is 0 Å². The number of pyridine rings is 1. The Morgan fingerprint density at radius 2 is 1.79 bits per heavy atom. The topological polar surface area (TPSA) is 41.6 Å². The molecule has 0 fully saturated rings. The minimum Gasteiger partial charge on any atom is -0.348 e. The maximum Gasteiger partial charge on any atom is 0.0922 e. The summed E-state index contributed by atoms with van der Waals surface area (Å²) in [5.74, 6) is 0.173. The molecule has 0 aliphatic heterocycles. The van der Waals surface area contributed by atoms with E-state index in [4.69, 9.17) is 0 Å². The van der Waals surface area contributed by atoms with E-state index in [1.165, 1.54) is 16.7 Å². The van der Waals surface area contributed by atoms with Gasteiger partial charge in [-0.2, -0.15) is 0 Å². The predicted octanol–water partition coefficient (Wildman–Crippen LogP) is 3.29. The summed E-state index contributed by atoms with van der Waals surface area (Å²) in [7, 11) is 0. The van der Waals surface area contributed by atoms with Crippen molar-refractivity contribution in [3.05, 3.63) is 83.7 Å². The Morgan fingerprint density at radius 3 is 2.47 bits per heavy atom. The zero-order chi connectivity index (χ0) is 13.1. The number of hydrogen-bond acceptors (Lipinski definition) is 2. The highest BCUT2D eigenvalue weighted by Gasteiger charge is 2.19. The van der Waals surface area contributed by atoms with Crippen LogP contribution in [-0.2, 0) is 0 Å². The van der Waals surface area contributed by atoms with E-state index >= 15 is 0 Å². The molecule has 2 aromatic heterocycles. The maximum absolute atomic E-state index is 4.15. The summed E-state index contributed by atoms with van der Waals surface area (Å²) in [6.45, 7) is 2.14. The second-order valence-corrected chi connectivity index (χ2v) is 4.58. The molecule has 0 saturated heterocycles. The van der Waals surface area contributed by atoms with Crippen molar-refractivity contribution in [2.24, 2.45) is 0 Å². The Hall–Kier alpha value is -2.42. The predicted molar refractivity (Wildman–Crippen MR) is 74.9 cm³/mol. The monoisotopic (exact) mass is 249 g/mol. The van der Waals surface area contributed by atoms with Crippen molar-refractivity contribution >= 4 is 0 Å². The summed E-state index contributed by atoms with van der Waals surface area (Å²) < 4.78 is 0. The number of benzene rings is 1. The van der Waals surface area contributed by atoms with E-state index in [1.807, 2.05) is 18.6 Å². The summed E-state index contributed by atoms with van der Waals surface area (Å²) in [6.07, 6.45) is 7.27. The zero-order valence-corrected chi connectivity index (χ0v) is 10.7. The summed E-state index contributed by atoms with van der Waals surface area (Å²) in [6, 6.07) is 12.6. The number of aromatic nitrogens is 3. The van der Waals surface area contributed by atoms with E-state index in [9.17, 15) is 0 Å². The molecule has 0 bridgehead atoms. The van der Waals surface area contributed by atoms with Crippen molar-refractivity contribution in [3.63, 3.8) is 0 Å². The van der Waals surface area contributed by atoms with Crippen molar-refractivity contribution in [1.29, 1.82) is 0 Å². The fraction of sp³-hybridized carbons (Fsp3) is 0.125. The van der Waals surface area contributed by atoms with Crippen LogP contribution in [-0.4, -0.2) is 15.0 Å². The molecule has 0 spiro atoms. The van der Waals surface area contributed by atoms with Gasteiger partial charge in [0.2, 0.25) is 0 Å². The van der Waals surface area contributed by atoms with E-state index < -0.39 is 0 Å². The average molecular weight is 249 g/mol. The third kappa shape index (κ3) is 2.27. The van der Waals surface area contributed by atoms with E-state index in [0.29, 0.717) is 0 Å². The van der Waals surface area contributed by atoms with Gasteiger partial charge in [0.15, 0.2) is 0 Å². The second kappa shape index (κ2) is 5.06. The fourth-order valence-corrected chi connectivity index (χ4v) is 2.42. The molecule has 1 N–H and O–H groups in total. The van der Waals surface area contributed by atoms with Crippen LogP contribution < -0.4 is 0 Å². The maximum atomic E-state index is 4.15. The minimum absolute atomic E-state index is 0.173. The molecular formula is C16H15N3. The number of imidazole rings is 1. The first kappa shape index (κ1) is 11.7. The van der Waals surface area contributed by atoms with Crippen LogP contribution in [0.25, 0.3) is 0 Å². The lowest BCUT2D eigenvalue weighted by Crippen LogP contribution is -2.05. The first-order valence-electron chi connectivity index (χ1n) is 6.30. The number of rotatable bonds is 3. The molecule has 1 aromatic carbocycles. The van der Waals surface area contributed by atoms with Gasteiger partial charge in [-0.05, 0) is 35.7 Å². The van der Waals surface area contributed by atoms with E-state index in [-0.39, 0.29) is 5.92 Å². The highest BCUT2D eigenvalue weighted by Crippen LogP contribution is 2.31. The molecule has 2 heterocycles. The minimum atomic E-state index is 0.173. The van der Waals surface area contributed by atoms with Gasteiger partial charge >= 0.3 is 0 Å². The largest absolute Gasteiger partial charge is 0.348 e. The van der Waals surface area contributed by atoms with Gasteiger partial charge in [-0.15, -0.1) is 0 Å². The smallest absolute Gasteiger partial charge is 0.0922 e. The van der Waals surface area contributed by atoms with Gasteiger partial charge in [-0.25, -0.2) is 4.98 Å². The molecule has 1 atom stereocenters. The molecule has 0 aliphatic carbocycles. The van der Waals surface area contributed by atoms with E-state index in [1.54, 1.807) is 6.33 Å². The van der Waals surface area contributed by atoms with Crippen molar-refractivity contribution in [1.82, 2.24) is 15.0 Å². The van der Waals surface area contributed by atoms with Crippen molar-refractivity contribution in [2.75, 3.05) is 0 Å². The molecular weight excluding hydrogens is 234 g/mol. The molecule has 94 valence electrons. The Morgan fingerprint density at radius 1 is 1.00 bits per heavy atom. The summed E-state index contributed by atoms with van der Waals surface area (Å²) >= 11 is 0. The number of H-pyrrole nitrogens is 1. The van der Waals surface area contributed by atoms with Gasteiger partial charge in [0, 0.05) is 24.3 Å². The second-order valence-electron chi connectivity index (χ2n) is 4.58. The zero-order valence-electron chi connectivity index (χ0n) is 10.7.